The van der Waals surface area contributed by atoms with Crippen molar-refractivity contribution >= 4 is 15.9 Å². The molecular formula is C14H21Br. The van der Waals surface area contributed by atoms with Crippen molar-refractivity contribution in [3.8, 4) is 0 Å². The molecule has 2 unspecified atom stereocenters. The van der Waals surface area contributed by atoms with E-state index in [4.69, 9.17) is 0 Å². The summed E-state index contributed by atoms with van der Waals surface area (Å²) in [6.07, 6.45) is 1.18. The summed E-state index contributed by atoms with van der Waals surface area (Å²) in [6, 6.07) is 8.70. The van der Waals surface area contributed by atoms with Gasteiger partial charge in [-0.25, -0.2) is 0 Å². The first-order valence-electron chi connectivity index (χ1n) is 5.71. The number of halogens is 1. The standard InChI is InChI=1S/C14H21Br/c1-10(2)14(12(4)15)9-13-8-6-5-7-11(13)3/h5-8,10,12,14H,9H2,1-4H3. The van der Waals surface area contributed by atoms with Crippen molar-refractivity contribution in [3.63, 3.8) is 0 Å². The van der Waals surface area contributed by atoms with E-state index in [0.29, 0.717) is 10.7 Å². The van der Waals surface area contributed by atoms with Crippen molar-refractivity contribution in [2.75, 3.05) is 0 Å². The van der Waals surface area contributed by atoms with Gasteiger partial charge in [0.15, 0.2) is 0 Å². The maximum Gasteiger partial charge on any atom is 0.0151 e. The van der Waals surface area contributed by atoms with Crippen LogP contribution in [0.3, 0.4) is 0 Å². The minimum absolute atomic E-state index is 0.581. The summed E-state index contributed by atoms with van der Waals surface area (Å²) in [5, 5.41) is 0. The molecule has 1 rings (SSSR count). The van der Waals surface area contributed by atoms with Gasteiger partial charge < -0.3 is 0 Å². The second-order valence-electron chi connectivity index (χ2n) is 4.72. The van der Waals surface area contributed by atoms with Gasteiger partial charge in [0.05, 0.1) is 0 Å². The third-order valence-electron chi connectivity index (χ3n) is 3.16. The first-order chi connectivity index (χ1) is 7.02. The highest BCUT2D eigenvalue weighted by atomic mass is 79.9. The normalized spacial score (nSPS) is 15.3. The predicted octanol–water partition coefficient (Wildman–Crippen LogP) is 4.59. The molecule has 15 heavy (non-hydrogen) atoms. The largest absolute Gasteiger partial charge is 0.0890 e. The van der Waals surface area contributed by atoms with Gasteiger partial charge in [-0.15, -0.1) is 0 Å². The van der Waals surface area contributed by atoms with E-state index < -0.39 is 0 Å². The van der Waals surface area contributed by atoms with E-state index in [1.807, 2.05) is 0 Å². The number of hydrogen-bond acceptors (Lipinski definition) is 0. The van der Waals surface area contributed by atoms with Crippen LogP contribution >= 0.6 is 15.9 Å². The van der Waals surface area contributed by atoms with Crippen molar-refractivity contribution in [1.29, 1.82) is 0 Å². The molecule has 0 aromatic heterocycles. The molecule has 0 nitrogen and oxygen atoms in total. The van der Waals surface area contributed by atoms with Gasteiger partial charge in [-0.1, -0.05) is 61.0 Å². The van der Waals surface area contributed by atoms with Gasteiger partial charge in [0.1, 0.15) is 0 Å². The molecule has 0 aliphatic carbocycles. The van der Waals surface area contributed by atoms with Crippen LogP contribution in [0.2, 0.25) is 0 Å². The number of benzene rings is 1. The number of hydrogen-bond donors (Lipinski definition) is 0. The molecule has 1 aromatic carbocycles. The van der Waals surface area contributed by atoms with Crippen molar-refractivity contribution < 1.29 is 0 Å². The molecule has 0 spiro atoms. The maximum absolute atomic E-state index is 3.72. The van der Waals surface area contributed by atoms with E-state index >= 15 is 0 Å². The Morgan fingerprint density at radius 3 is 2.20 bits per heavy atom. The highest BCUT2D eigenvalue weighted by Gasteiger charge is 2.19. The lowest BCUT2D eigenvalue weighted by atomic mass is 9.86. The Balaban J connectivity index is 2.79. The lowest BCUT2D eigenvalue weighted by Gasteiger charge is -2.24. The first-order valence-corrected chi connectivity index (χ1v) is 6.62. The summed E-state index contributed by atoms with van der Waals surface area (Å²) in [6.45, 7) is 9.07. The molecule has 0 radical (unpaired) electrons. The van der Waals surface area contributed by atoms with Crippen LogP contribution in [0.15, 0.2) is 24.3 Å². The van der Waals surface area contributed by atoms with E-state index in [-0.39, 0.29) is 0 Å². The van der Waals surface area contributed by atoms with Gasteiger partial charge >= 0.3 is 0 Å². The van der Waals surface area contributed by atoms with E-state index in [2.05, 4.69) is 67.9 Å². The third-order valence-corrected chi connectivity index (χ3v) is 3.84. The molecule has 0 saturated heterocycles. The molecule has 0 amide bonds. The Bertz CT molecular complexity index is 294. The molecule has 84 valence electrons. The van der Waals surface area contributed by atoms with E-state index in [1.165, 1.54) is 17.5 Å². The third kappa shape index (κ3) is 3.64. The van der Waals surface area contributed by atoms with E-state index in [0.717, 1.165) is 5.92 Å². The number of alkyl halides is 1. The summed E-state index contributed by atoms with van der Waals surface area (Å²) in [5.41, 5.74) is 2.90. The fourth-order valence-electron chi connectivity index (χ4n) is 2.02. The number of aryl methyl sites for hydroxylation is 1. The summed E-state index contributed by atoms with van der Waals surface area (Å²) >= 11 is 3.72. The van der Waals surface area contributed by atoms with Crippen molar-refractivity contribution in [2.24, 2.45) is 11.8 Å². The zero-order valence-electron chi connectivity index (χ0n) is 10.1. The minimum Gasteiger partial charge on any atom is -0.0890 e. The molecule has 0 aliphatic heterocycles. The molecule has 0 fully saturated rings. The quantitative estimate of drug-likeness (QED) is 0.701. The van der Waals surface area contributed by atoms with Gasteiger partial charge in [0.2, 0.25) is 0 Å². The van der Waals surface area contributed by atoms with Crippen molar-refractivity contribution in [2.45, 2.75) is 38.9 Å². The SMILES string of the molecule is Cc1ccccc1CC(C(C)C)C(C)Br. The van der Waals surface area contributed by atoms with Crippen molar-refractivity contribution in [1.82, 2.24) is 0 Å². The molecule has 0 saturated carbocycles. The van der Waals surface area contributed by atoms with Crippen LogP contribution < -0.4 is 0 Å². The van der Waals surface area contributed by atoms with Gasteiger partial charge in [0.25, 0.3) is 0 Å². The fourth-order valence-corrected chi connectivity index (χ4v) is 2.82. The average Bonchev–Trinajstić information content (AvgIpc) is 2.15. The van der Waals surface area contributed by atoms with Crippen LogP contribution in [0.4, 0.5) is 0 Å². The molecule has 0 bridgehead atoms. The fraction of sp³-hybridized carbons (Fsp3) is 0.571. The Kier molecular flexibility index (Phi) is 4.85. The van der Waals surface area contributed by atoms with E-state index in [1.54, 1.807) is 0 Å². The molecule has 1 aromatic rings. The van der Waals surface area contributed by atoms with Crippen LogP contribution in [-0.4, -0.2) is 4.83 Å². The summed E-state index contributed by atoms with van der Waals surface area (Å²) < 4.78 is 0. The molecule has 0 N–H and O–H groups in total. The van der Waals surface area contributed by atoms with Crippen LogP contribution in [0.25, 0.3) is 0 Å². The van der Waals surface area contributed by atoms with Gasteiger partial charge in [-0.05, 0) is 36.3 Å². The Hall–Kier alpha value is -0.300. The maximum atomic E-state index is 3.72. The monoisotopic (exact) mass is 268 g/mol. The highest BCUT2D eigenvalue weighted by molar-refractivity contribution is 9.09. The summed E-state index contributed by atoms with van der Waals surface area (Å²) in [4.78, 5) is 0.581. The summed E-state index contributed by atoms with van der Waals surface area (Å²) in [7, 11) is 0. The van der Waals surface area contributed by atoms with Crippen LogP contribution in [-0.2, 0) is 6.42 Å². The minimum atomic E-state index is 0.581. The van der Waals surface area contributed by atoms with Crippen LogP contribution in [0, 0.1) is 18.8 Å². The topological polar surface area (TPSA) is 0 Å². The van der Waals surface area contributed by atoms with Crippen molar-refractivity contribution in [3.05, 3.63) is 35.4 Å². The van der Waals surface area contributed by atoms with Gasteiger partial charge in [-0.2, -0.15) is 0 Å². The second-order valence-corrected chi connectivity index (χ2v) is 6.16. The first kappa shape index (κ1) is 12.8. The lowest BCUT2D eigenvalue weighted by molar-refractivity contribution is 0.383. The van der Waals surface area contributed by atoms with Crippen LogP contribution in [0.1, 0.15) is 31.9 Å². The lowest BCUT2D eigenvalue weighted by Crippen LogP contribution is -2.20. The number of rotatable bonds is 4. The molecule has 1 heteroatoms. The van der Waals surface area contributed by atoms with Gasteiger partial charge in [0, 0.05) is 4.83 Å². The van der Waals surface area contributed by atoms with E-state index in [9.17, 15) is 0 Å². The molecule has 0 aliphatic rings. The Morgan fingerprint density at radius 1 is 1.13 bits per heavy atom. The molecule has 0 heterocycles. The molecular weight excluding hydrogens is 248 g/mol. The predicted molar refractivity (Wildman–Crippen MR) is 71.6 cm³/mol. The van der Waals surface area contributed by atoms with Crippen LogP contribution in [0.5, 0.6) is 0 Å². The Morgan fingerprint density at radius 2 is 1.73 bits per heavy atom. The van der Waals surface area contributed by atoms with Gasteiger partial charge in [-0.3, -0.25) is 0 Å². The Labute approximate surface area is 102 Å². The highest BCUT2D eigenvalue weighted by Crippen LogP contribution is 2.26. The summed E-state index contributed by atoms with van der Waals surface area (Å²) in [5.74, 6) is 1.44. The smallest absolute Gasteiger partial charge is 0.0151 e. The average molecular weight is 269 g/mol. The zero-order chi connectivity index (χ0) is 11.4. The molecule has 2 atom stereocenters. The second kappa shape index (κ2) is 5.69. The zero-order valence-corrected chi connectivity index (χ0v) is 11.7.